The van der Waals surface area contributed by atoms with Crippen molar-refractivity contribution >= 4 is 17.3 Å². The summed E-state index contributed by atoms with van der Waals surface area (Å²) in [5.74, 6) is -0.0260. The molecule has 6 nitrogen and oxygen atoms in total. The van der Waals surface area contributed by atoms with E-state index in [9.17, 15) is 4.79 Å². The minimum atomic E-state index is -0.0260. The van der Waals surface area contributed by atoms with Crippen LogP contribution in [0.5, 0.6) is 0 Å². The molecule has 0 aliphatic rings. The highest BCUT2D eigenvalue weighted by atomic mass is 16.1. The normalized spacial score (nSPS) is 11.5. The maximum absolute atomic E-state index is 12.4. The van der Waals surface area contributed by atoms with Crippen LogP contribution in [0.3, 0.4) is 0 Å². The van der Waals surface area contributed by atoms with Gasteiger partial charge in [-0.2, -0.15) is 10.4 Å². The van der Waals surface area contributed by atoms with Crippen LogP contribution in [0.2, 0.25) is 0 Å². The third kappa shape index (κ3) is 5.95. The molecule has 0 spiro atoms. The van der Waals surface area contributed by atoms with Crippen LogP contribution in [0, 0.1) is 25.2 Å². The predicted octanol–water partition coefficient (Wildman–Crippen LogP) is 5.16. The summed E-state index contributed by atoms with van der Waals surface area (Å²) in [6.45, 7) is 6.65. The molecule has 1 atom stereocenters. The number of hydrogen-bond donors (Lipinski definition) is 2. The van der Waals surface area contributed by atoms with Crippen molar-refractivity contribution in [2.45, 2.75) is 52.6 Å². The lowest BCUT2D eigenvalue weighted by Gasteiger charge is -2.16. The Labute approximate surface area is 183 Å². The van der Waals surface area contributed by atoms with Gasteiger partial charge in [0.15, 0.2) is 0 Å². The monoisotopic (exact) mass is 415 g/mol. The first kappa shape index (κ1) is 22.1. The molecule has 0 fully saturated rings. The van der Waals surface area contributed by atoms with Crippen LogP contribution < -0.4 is 10.6 Å². The molecular weight excluding hydrogens is 386 g/mol. The molecule has 6 heteroatoms. The van der Waals surface area contributed by atoms with Gasteiger partial charge in [0.05, 0.1) is 24.7 Å². The molecule has 0 saturated carbocycles. The number of carbonyl (C=O) groups excluding carboxylic acids is 1. The van der Waals surface area contributed by atoms with Gasteiger partial charge in [0, 0.05) is 29.5 Å². The maximum Gasteiger partial charge on any atom is 0.224 e. The van der Waals surface area contributed by atoms with Crippen LogP contribution in [-0.2, 0) is 17.8 Å². The first-order valence-corrected chi connectivity index (χ1v) is 10.6. The quantitative estimate of drug-likeness (QED) is 0.506. The van der Waals surface area contributed by atoms with Crippen molar-refractivity contribution in [3.63, 3.8) is 0 Å². The van der Waals surface area contributed by atoms with Crippen LogP contribution in [-0.4, -0.2) is 15.7 Å². The summed E-state index contributed by atoms with van der Waals surface area (Å²) < 4.78 is 1.86. The van der Waals surface area contributed by atoms with E-state index in [2.05, 4.69) is 40.9 Å². The summed E-state index contributed by atoms with van der Waals surface area (Å²) in [6, 6.07) is 20.4. The fraction of sp³-hybridized carbons (Fsp3) is 0.320. The molecule has 2 N–H and O–H groups in total. The van der Waals surface area contributed by atoms with Crippen molar-refractivity contribution in [3.8, 4) is 6.07 Å². The van der Waals surface area contributed by atoms with Gasteiger partial charge in [-0.3, -0.25) is 9.48 Å². The second-order valence-electron chi connectivity index (χ2n) is 7.68. The van der Waals surface area contributed by atoms with E-state index < -0.39 is 0 Å². The van der Waals surface area contributed by atoms with E-state index in [0.29, 0.717) is 25.8 Å². The average Bonchev–Trinajstić information content (AvgIpc) is 3.05. The van der Waals surface area contributed by atoms with Crippen LogP contribution in [0.15, 0.2) is 54.6 Å². The highest BCUT2D eigenvalue weighted by Gasteiger charge is 2.13. The number of anilines is 2. The van der Waals surface area contributed by atoms with Crippen molar-refractivity contribution in [2.75, 3.05) is 10.6 Å². The number of nitrogens with one attached hydrogen (secondary N) is 2. The van der Waals surface area contributed by atoms with E-state index >= 15 is 0 Å². The van der Waals surface area contributed by atoms with Gasteiger partial charge in [-0.05, 0) is 62.6 Å². The summed E-state index contributed by atoms with van der Waals surface area (Å²) in [5, 5.41) is 19.7. The van der Waals surface area contributed by atoms with E-state index in [1.54, 1.807) is 0 Å². The number of amides is 1. The molecule has 3 aromatic rings. The average molecular weight is 416 g/mol. The van der Waals surface area contributed by atoms with Crippen molar-refractivity contribution in [1.29, 1.82) is 5.26 Å². The fourth-order valence-electron chi connectivity index (χ4n) is 3.66. The van der Waals surface area contributed by atoms with Gasteiger partial charge in [-0.15, -0.1) is 0 Å². The van der Waals surface area contributed by atoms with Crippen molar-refractivity contribution in [2.24, 2.45) is 0 Å². The molecule has 31 heavy (non-hydrogen) atoms. The number of nitrogens with zero attached hydrogens (tertiary/aromatic N) is 3. The lowest BCUT2D eigenvalue weighted by atomic mass is 10.1. The molecule has 1 heterocycles. The molecular formula is C25H29N5O. The fourth-order valence-corrected chi connectivity index (χ4v) is 3.66. The van der Waals surface area contributed by atoms with E-state index in [-0.39, 0.29) is 11.9 Å². The molecule has 2 aromatic carbocycles. The summed E-state index contributed by atoms with van der Waals surface area (Å²) in [7, 11) is 0. The number of aryl methyl sites for hydroxylation is 2. The van der Waals surface area contributed by atoms with Gasteiger partial charge < -0.3 is 10.6 Å². The Bertz CT molecular complexity index is 1050. The highest BCUT2D eigenvalue weighted by molar-refractivity contribution is 5.91. The molecule has 0 saturated heterocycles. The first-order valence-electron chi connectivity index (χ1n) is 10.6. The molecule has 0 aliphatic carbocycles. The number of rotatable bonds is 9. The van der Waals surface area contributed by atoms with Crippen LogP contribution in [0.1, 0.15) is 48.3 Å². The Balaban J connectivity index is 1.52. The van der Waals surface area contributed by atoms with E-state index in [1.165, 1.54) is 5.56 Å². The minimum Gasteiger partial charge on any atom is -0.379 e. The first-order chi connectivity index (χ1) is 15.0. The van der Waals surface area contributed by atoms with E-state index in [0.717, 1.165) is 28.3 Å². The van der Waals surface area contributed by atoms with Crippen molar-refractivity contribution in [1.82, 2.24) is 9.78 Å². The molecule has 0 bridgehead atoms. The number of carbonyl (C=O) groups is 1. The number of benzene rings is 2. The van der Waals surface area contributed by atoms with Crippen molar-refractivity contribution < 1.29 is 4.79 Å². The molecule has 1 unspecified atom stereocenters. The van der Waals surface area contributed by atoms with Gasteiger partial charge >= 0.3 is 0 Å². The Hall–Kier alpha value is -3.59. The minimum absolute atomic E-state index is 0.0260. The van der Waals surface area contributed by atoms with E-state index in [1.807, 2.05) is 61.0 Å². The smallest absolute Gasteiger partial charge is 0.224 e. The lowest BCUT2D eigenvalue weighted by Crippen LogP contribution is -2.13. The zero-order valence-corrected chi connectivity index (χ0v) is 18.4. The van der Waals surface area contributed by atoms with Gasteiger partial charge in [-0.25, -0.2) is 0 Å². The molecule has 1 aromatic heterocycles. The maximum atomic E-state index is 12.4. The highest BCUT2D eigenvalue weighted by Crippen LogP contribution is 2.21. The van der Waals surface area contributed by atoms with Gasteiger partial charge in [0.2, 0.25) is 5.91 Å². The van der Waals surface area contributed by atoms with Crippen LogP contribution in [0.25, 0.3) is 0 Å². The van der Waals surface area contributed by atoms with E-state index in [4.69, 9.17) is 5.26 Å². The number of hydrogen-bond acceptors (Lipinski definition) is 4. The van der Waals surface area contributed by atoms with Crippen LogP contribution >= 0.6 is 0 Å². The summed E-state index contributed by atoms with van der Waals surface area (Å²) in [4.78, 5) is 12.4. The third-order valence-electron chi connectivity index (χ3n) is 5.42. The van der Waals surface area contributed by atoms with Gasteiger partial charge in [-0.1, -0.05) is 30.3 Å². The van der Waals surface area contributed by atoms with Crippen LogP contribution in [0.4, 0.5) is 11.4 Å². The summed E-state index contributed by atoms with van der Waals surface area (Å²) in [5.41, 5.74) is 6.05. The van der Waals surface area contributed by atoms with Gasteiger partial charge in [0.25, 0.3) is 0 Å². The van der Waals surface area contributed by atoms with Crippen molar-refractivity contribution in [3.05, 3.63) is 77.1 Å². The topological polar surface area (TPSA) is 82.7 Å². The second kappa shape index (κ2) is 10.4. The molecule has 0 radical (unpaired) electrons. The zero-order chi connectivity index (χ0) is 22.2. The molecule has 160 valence electrons. The Morgan fingerprint density at radius 3 is 2.45 bits per heavy atom. The molecule has 1 amide bonds. The lowest BCUT2D eigenvalue weighted by molar-refractivity contribution is -0.116. The standard InChI is InChI=1S/C25H29N5O/c1-18(21-8-5-4-6-9-21)27-22-10-12-23(13-11-22)28-25(31)15-14-24-19(2)29-30(20(24)3)17-7-16-26/h4-6,8-13,18,27H,7,14-15,17H2,1-3H3,(H,28,31). The summed E-state index contributed by atoms with van der Waals surface area (Å²) in [6.07, 6.45) is 1.44. The molecule has 0 aliphatic heterocycles. The number of aromatic nitrogens is 2. The molecule has 3 rings (SSSR count). The largest absolute Gasteiger partial charge is 0.379 e. The predicted molar refractivity (Wildman–Crippen MR) is 124 cm³/mol. The summed E-state index contributed by atoms with van der Waals surface area (Å²) >= 11 is 0. The van der Waals surface area contributed by atoms with Gasteiger partial charge in [0.1, 0.15) is 0 Å². The third-order valence-corrected chi connectivity index (χ3v) is 5.42. The SMILES string of the molecule is Cc1nn(CCC#N)c(C)c1CCC(=O)Nc1ccc(NC(C)c2ccccc2)cc1. The Morgan fingerprint density at radius 2 is 1.77 bits per heavy atom. The Morgan fingerprint density at radius 1 is 1.10 bits per heavy atom. The second-order valence-corrected chi connectivity index (χ2v) is 7.68. The number of nitriles is 1. The zero-order valence-electron chi connectivity index (χ0n) is 18.4. The Kier molecular flexibility index (Phi) is 7.45.